The first kappa shape index (κ1) is 20.9. The molecular weight excluding hydrogens is 416 g/mol. The van der Waals surface area contributed by atoms with Crippen LogP contribution in [0.3, 0.4) is 0 Å². The van der Waals surface area contributed by atoms with Crippen molar-refractivity contribution in [3.05, 3.63) is 41.5 Å². The number of fused-ring (bicyclic) bond motifs is 2. The van der Waals surface area contributed by atoms with Gasteiger partial charge in [0.15, 0.2) is 11.5 Å². The van der Waals surface area contributed by atoms with E-state index in [1.54, 1.807) is 6.07 Å². The van der Waals surface area contributed by atoms with E-state index in [0.717, 1.165) is 43.2 Å². The first-order chi connectivity index (χ1) is 16.1. The number of rotatable bonds is 6. The highest BCUT2D eigenvalue weighted by atomic mass is 16.6. The molecule has 174 valence electrons. The topological polar surface area (TPSA) is 65.0 Å². The van der Waals surface area contributed by atoms with Gasteiger partial charge in [0.2, 0.25) is 11.4 Å². The summed E-state index contributed by atoms with van der Waals surface area (Å²) in [6, 6.07) is 10.1. The minimum Gasteiger partial charge on any atom is -0.504 e. The van der Waals surface area contributed by atoms with Crippen molar-refractivity contribution in [2.45, 2.75) is 87.7 Å². The Morgan fingerprint density at radius 3 is 2.39 bits per heavy atom. The molecule has 2 aromatic carbocycles. The monoisotopic (exact) mass is 448 g/mol. The van der Waals surface area contributed by atoms with E-state index in [2.05, 4.69) is 18.2 Å². The summed E-state index contributed by atoms with van der Waals surface area (Å²) in [5.74, 6) is 0.458. The summed E-state index contributed by atoms with van der Waals surface area (Å²) in [4.78, 5) is 13.1. The highest BCUT2D eigenvalue weighted by Gasteiger charge is 2.56. The highest BCUT2D eigenvalue weighted by molar-refractivity contribution is 5.86. The first-order valence-corrected chi connectivity index (χ1v) is 12.5. The second-order valence-electron chi connectivity index (χ2n) is 10.4. The molecular formula is C28H32O5. The van der Waals surface area contributed by atoms with E-state index in [0.29, 0.717) is 24.0 Å². The van der Waals surface area contributed by atoms with Gasteiger partial charge in [-0.1, -0.05) is 24.6 Å². The average Bonchev–Trinajstić information content (AvgIpc) is 3.20. The molecule has 0 aliphatic heterocycles. The van der Waals surface area contributed by atoms with Crippen LogP contribution < -0.4 is 9.47 Å². The molecule has 5 nitrogen and oxygen atoms in total. The molecule has 3 saturated carbocycles. The van der Waals surface area contributed by atoms with Crippen LogP contribution in [0.1, 0.15) is 75.3 Å². The maximum atomic E-state index is 13.1. The maximum absolute atomic E-state index is 13.1. The molecule has 33 heavy (non-hydrogen) atoms. The molecule has 0 unspecified atom stereocenters. The van der Waals surface area contributed by atoms with Gasteiger partial charge in [-0.25, -0.2) is 4.79 Å². The van der Waals surface area contributed by atoms with Crippen molar-refractivity contribution in [2.24, 2.45) is 0 Å². The van der Waals surface area contributed by atoms with Crippen LogP contribution in [-0.2, 0) is 21.4 Å². The van der Waals surface area contributed by atoms with Gasteiger partial charge < -0.3 is 19.3 Å². The second-order valence-corrected chi connectivity index (χ2v) is 10.4. The summed E-state index contributed by atoms with van der Waals surface area (Å²) in [5.41, 5.74) is 4.18. The van der Waals surface area contributed by atoms with Crippen molar-refractivity contribution in [1.29, 1.82) is 0 Å². The van der Waals surface area contributed by atoms with Crippen molar-refractivity contribution in [1.82, 2.24) is 0 Å². The number of hydrogen-bond acceptors (Lipinski definition) is 5. The zero-order valence-electron chi connectivity index (χ0n) is 19.3. The summed E-state index contributed by atoms with van der Waals surface area (Å²) in [6.07, 6.45) is 11.4. The fourth-order valence-corrected chi connectivity index (χ4v) is 6.21. The molecule has 0 aromatic heterocycles. The Hall–Kier alpha value is -2.69. The Kier molecular flexibility index (Phi) is 4.86. The number of carbonyl (C=O) groups is 1. The minimum atomic E-state index is -0.981. The maximum Gasteiger partial charge on any atom is 0.350 e. The van der Waals surface area contributed by atoms with E-state index in [4.69, 9.17) is 14.2 Å². The number of benzene rings is 2. The molecule has 5 heteroatoms. The standard InChI is InChI=1S/C28H32O5/c1-31-25-23(29)11-10-21(19-8-4-9-22-20(19)12-15-27(22)13-5-14-27)24(25)33-28(16-17-28)26(30)32-18-6-2-3-7-18/h4,8-11,18,29H,2-3,5-7,12-17H2,1H3. The zero-order chi connectivity index (χ0) is 22.6. The molecule has 1 spiro atoms. The van der Waals surface area contributed by atoms with Crippen LogP contribution in [0.25, 0.3) is 11.1 Å². The van der Waals surface area contributed by atoms with Gasteiger partial charge in [0.1, 0.15) is 6.10 Å². The zero-order valence-corrected chi connectivity index (χ0v) is 19.3. The number of phenolic OH excluding ortho intramolecular Hbond substituents is 1. The third-order valence-electron chi connectivity index (χ3n) is 8.45. The van der Waals surface area contributed by atoms with E-state index in [-0.39, 0.29) is 23.6 Å². The summed E-state index contributed by atoms with van der Waals surface area (Å²) >= 11 is 0. The molecule has 0 heterocycles. The van der Waals surface area contributed by atoms with Gasteiger partial charge in [0, 0.05) is 18.4 Å². The summed E-state index contributed by atoms with van der Waals surface area (Å²) in [7, 11) is 1.53. The van der Waals surface area contributed by atoms with Crippen LogP contribution in [0.15, 0.2) is 30.3 Å². The lowest BCUT2D eigenvalue weighted by Crippen LogP contribution is -2.34. The molecule has 1 N–H and O–H groups in total. The summed E-state index contributed by atoms with van der Waals surface area (Å²) < 4.78 is 17.9. The van der Waals surface area contributed by atoms with Gasteiger partial charge in [-0.3, -0.25) is 0 Å². The third-order valence-corrected chi connectivity index (χ3v) is 8.45. The predicted octanol–water partition coefficient (Wildman–Crippen LogP) is 5.83. The van der Waals surface area contributed by atoms with Gasteiger partial charge in [-0.2, -0.15) is 0 Å². The van der Waals surface area contributed by atoms with E-state index < -0.39 is 5.60 Å². The molecule has 6 rings (SSSR count). The van der Waals surface area contributed by atoms with Gasteiger partial charge >= 0.3 is 5.97 Å². The van der Waals surface area contributed by atoms with Crippen molar-refractivity contribution in [3.63, 3.8) is 0 Å². The molecule has 4 aliphatic rings. The van der Waals surface area contributed by atoms with Gasteiger partial charge in [-0.05, 0) is 85.6 Å². The molecule has 0 amide bonds. The number of aromatic hydroxyl groups is 1. The van der Waals surface area contributed by atoms with Gasteiger partial charge in [0.05, 0.1) is 7.11 Å². The van der Waals surface area contributed by atoms with Gasteiger partial charge in [0.25, 0.3) is 0 Å². The summed E-state index contributed by atoms with van der Waals surface area (Å²) in [5, 5.41) is 10.6. The highest BCUT2D eigenvalue weighted by Crippen LogP contribution is 2.56. The van der Waals surface area contributed by atoms with Crippen LogP contribution >= 0.6 is 0 Å². The Labute approximate surface area is 195 Å². The van der Waals surface area contributed by atoms with Crippen LogP contribution in [0.2, 0.25) is 0 Å². The van der Waals surface area contributed by atoms with Crippen LogP contribution in [0.4, 0.5) is 0 Å². The predicted molar refractivity (Wildman–Crippen MR) is 125 cm³/mol. The molecule has 0 atom stereocenters. The Morgan fingerprint density at radius 2 is 1.73 bits per heavy atom. The molecule has 3 fully saturated rings. The molecule has 0 radical (unpaired) electrons. The third kappa shape index (κ3) is 3.31. The van der Waals surface area contributed by atoms with E-state index in [1.165, 1.54) is 43.9 Å². The Morgan fingerprint density at radius 1 is 0.939 bits per heavy atom. The number of hydrogen-bond donors (Lipinski definition) is 1. The van der Waals surface area contributed by atoms with E-state index in [9.17, 15) is 9.90 Å². The number of carbonyl (C=O) groups excluding carboxylic acids is 1. The fourth-order valence-electron chi connectivity index (χ4n) is 6.21. The lowest BCUT2D eigenvalue weighted by atomic mass is 9.65. The quantitative estimate of drug-likeness (QED) is 0.563. The molecule has 0 bridgehead atoms. The van der Waals surface area contributed by atoms with Crippen LogP contribution in [0, 0.1) is 0 Å². The SMILES string of the molecule is COc1c(O)ccc(-c2cccc3c2CCC32CCC2)c1OC1(C(=O)OC2CCCC2)CC1. The van der Waals surface area contributed by atoms with Crippen LogP contribution in [0.5, 0.6) is 17.2 Å². The van der Waals surface area contributed by atoms with Gasteiger partial charge in [-0.15, -0.1) is 0 Å². The molecule has 4 aliphatic carbocycles. The van der Waals surface area contributed by atoms with Crippen molar-refractivity contribution >= 4 is 5.97 Å². The second kappa shape index (κ2) is 7.68. The first-order valence-electron chi connectivity index (χ1n) is 12.5. The number of esters is 1. The minimum absolute atomic E-state index is 0.000163. The lowest BCUT2D eigenvalue weighted by molar-refractivity contribution is -0.159. The van der Waals surface area contributed by atoms with E-state index in [1.807, 2.05) is 6.07 Å². The molecule has 2 aromatic rings. The number of ether oxygens (including phenoxy) is 3. The Balaban J connectivity index is 1.39. The lowest BCUT2D eigenvalue weighted by Gasteiger charge is -2.39. The number of phenols is 1. The normalized spacial score (nSPS) is 22.0. The van der Waals surface area contributed by atoms with Crippen molar-refractivity contribution < 1.29 is 24.1 Å². The fraction of sp³-hybridized carbons (Fsp3) is 0.536. The largest absolute Gasteiger partial charge is 0.504 e. The van der Waals surface area contributed by atoms with Crippen LogP contribution in [-0.4, -0.2) is 29.9 Å². The summed E-state index contributed by atoms with van der Waals surface area (Å²) in [6.45, 7) is 0. The smallest absolute Gasteiger partial charge is 0.350 e. The number of methoxy groups -OCH3 is 1. The van der Waals surface area contributed by atoms with Crippen molar-refractivity contribution in [3.8, 4) is 28.4 Å². The Bertz CT molecular complexity index is 1090. The van der Waals surface area contributed by atoms with Crippen molar-refractivity contribution in [2.75, 3.05) is 7.11 Å². The average molecular weight is 449 g/mol. The molecule has 0 saturated heterocycles. The van der Waals surface area contributed by atoms with E-state index >= 15 is 0 Å².